The van der Waals surface area contributed by atoms with E-state index in [9.17, 15) is 4.79 Å². The van der Waals surface area contributed by atoms with Crippen molar-refractivity contribution in [1.29, 1.82) is 0 Å². The summed E-state index contributed by atoms with van der Waals surface area (Å²) < 4.78 is 0. The highest BCUT2D eigenvalue weighted by atomic mass is 35.5. The third-order valence-corrected chi connectivity index (χ3v) is 3.34. The van der Waals surface area contributed by atoms with E-state index in [4.69, 9.17) is 17.3 Å². The van der Waals surface area contributed by atoms with Crippen LogP contribution in [-0.4, -0.2) is 36.5 Å². The molecule has 0 aromatic heterocycles. The van der Waals surface area contributed by atoms with Crippen molar-refractivity contribution in [2.75, 3.05) is 25.0 Å². The fourth-order valence-electron chi connectivity index (χ4n) is 2.16. The van der Waals surface area contributed by atoms with Gasteiger partial charge in [0, 0.05) is 29.8 Å². The summed E-state index contributed by atoms with van der Waals surface area (Å²) in [5.41, 5.74) is 6.42. The third-order valence-electron chi connectivity index (χ3n) is 3.11. The Kier molecular flexibility index (Phi) is 4.96. The average Bonchev–Trinajstić information content (AvgIpc) is 2.39. The van der Waals surface area contributed by atoms with Crippen molar-refractivity contribution in [1.82, 2.24) is 4.90 Å². The Morgan fingerprint density at radius 2 is 2.37 bits per heavy atom. The second-order valence-corrected chi connectivity index (χ2v) is 4.99. The smallest absolute Gasteiger partial charge is 0.238 e. The minimum absolute atomic E-state index is 0.0454. The molecule has 5 heteroatoms. The molecule has 4 nitrogen and oxygen atoms in total. The summed E-state index contributed by atoms with van der Waals surface area (Å²) in [6.07, 6.45) is 5.14. The number of nitrogens with two attached hydrogens (primary N) is 1. The lowest BCUT2D eigenvalue weighted by Gasteiger charge is -2.30. The van der Waals surface area contributed by atoms with Gasteiger partial charge in [0.25, 0.3) is 0 Å². The second-order valence-electron chi connectivity index (χ2n) is 4.55. The van der Waals surface area contributed by atoms with Gasteiger partial charge in [0.05, 0.1) is 6.54 Å². The van der Waals surface area contributed by atoms with Gasteiger partial charge in [-0.05, 0) is 24.6 Å². The van der Waals surface area contributed by atoms with E-state index in [1.807, 2.05) is 12.1 Å². The Bertz CT molecular complexity index is 476. The highest BCUT2D eigenvalue weighted by Gasteiger charge is 2.19. The van der Waals surface area contributed by atoms with E-state index < -0.39 is 0 Å². The van der Waals surface area contributed by atoms with Crippen LogP contribution in [0.4, 0.5) is 5.69 Å². The van der Waals surface area contributed by atoms with Gasteiger partial charge in [-0.1, -0.05) is 29.8 Å². The van der Waals surface area contributed by atoms with Crippen LogP contribution >= 0.6 is 11.6 Å². The Hall–Kier alpha value is -1.36. The highest BCUT2D eigenvalue weighted by Crippen LogP contribution is 2.15. The maximum atomic E-state index is 12.0. The van der Waals surface area contributed by atoms with E-state index in [0.717, 1.165) is 13.0 Å². The molecule has 2 rings (SSSR count). The number of carbonyl (C=O) groups is 1. The zero-order chi connectivity index (χ0) is 13.7. The number of amides is 1. The number of carbonyl (C=O) groups excluding carboxylic acids is 1. The van der Waals surface area contributed by atoms with E-state index in [2.05, 4.69) is 22.4 Å². The predicted octanol–water partition coefficient (Wildman–Crippen LogP) is 1.87. The molecule has 0 radical (unpaired) electrons. The zero-order valence-electron chi connectivity index (χ0n) is 10.7. The highest BCUT2D eigenvalue weighted by molar-refractivity contribution is 6.30. The minimum atomic E-state index is -0.0454. The second kappa shape index (κ2) is 6.70. The van der Waals surface area contributed by atoms with Crippen LogP contribution in [0.1, 0.15) is 6.42 Å². The van der Waals surface area contributed by atoms with Crippen molar-refractivity contribution in [3.05, 3.63) is 41.4 Å². The van der Waals surface area contributed by atoms with Crippen LogP contribution < -0.4 is 11.1 Å². The first-order valence-electron chi connectivity index (χ1n) is 6.35. The molecule has 1 amide bonds. The van der Waals surface area contributed by atoms with E-state index in [-0.39, 0.29) is 11.9 Å². The van der Waals surface area contributed by atoms with Crippen LogP contribution in [0.2, 0.25) is 5.02 Å². The summed E-state index contributed by atoms with van der Waals surface area (Å²) in [4.78, 5) is 14.1. The van der Waals surface area contributed by atoms with Crippen LogP contribution in [0.3, 0.4) is 0 Å². The first-order chi connectivity index (χ1) is 9.19. The van der Waals surface area contributed by atoms with Crippen LogP contribution in [0.5, 0.6) is 0 Å². The molecular weight excluding hydrogens is 262 g/mol. The van der Waals surface area contributed by atoms with E-state index in [1.54, 1.807) is 12.1 Å². The fraction of sp³-hybridized carbons (Fsp3) is 0.357. The summed E-state index contributed by atoms with van der Waals surface area (Å²) in [6.45, 7) is 1.74. The number of rotatable bonds is 4. The van der Waals surface area contributed by atoms with Crippen molar-refractivity contribution in [2.24, 2.45) is 5.73 Å². The lowest BCUT2D eigenvalue weighted by molar-refractivity contribution is -0.117. The lowest BCUT2D eigenvalue weighted by Crippen LogP contribution is -2.45. The Balaban J connectivity index is 1.92. The average molecular weight is 280 g/mol. The molecule has 1 aliphatic heterocycles. The van der Waals surface area contributed by atoms with Crippen LogP contribution in [0.15, 0.2) is 36.4 Å². The molecule has 0 fully saturated rings. The van der Waals surface area contributed by atoms with Crippen LogP contribution in [0.25, 0.3) is 0 Å². The zero-order valence-corrected chi connectivity index (χ0v) is 11.4. The van der Waals surface area contributed by atoms with Gasteiger partial charge < -0.3 is 11.1 Å². The largest absolute Gasteiger partial charge is 0.329 e. The van der Waals surface area contributed by atoms with Crippen molar-refractivity contribution in [2.45, 2.75) is 12.5 Å². The topological polar surface area (TPSA) is 58.4 Å². The molecule has 0 saturated carbocycles. The summed E-state index contributed by atoms with van der Waals surface area (Å²) in [7, 11) is 0. The molecule has 1 aliphatic rings. The number of nitrogens with one attached hydrogen (secondary N) is 1. The first-order valence-corrected chi connectivity index (χ1v) is 6.73. The SMILES string of the molecule is NCC1C=CCCN1CC(=O)Nc1cccc(Cl)c1. The molecule has 3 N–H and O–H groups in total. The minimum Gasteiger partial charge on any atom is -0.329 e. The molecule has 1 aromatic rings. The van der Waals surface area contributed by atoms with Gasteiger partial charge in [0.15, 0.2) is 0 Å². The fourth-order valence-corrected chi connectivity index (χ4v) is 2.35. The molecule has 1 atom stereocenters. The van der Waals surface area contributed by atoms with Crippen molar-refractivity contribution < 1.29 is 4.79 Å². The molecule has 0 bridgehead atoms. The maximum Gasteiger partial charge on any atom is 0.238 e. The van der Waals surface area contributed by atoms with Gasteiger partial charge in [-0.25, -0.2) is 0 Å². The maximum absolute atomic E-state index is 12.0. The number of benzene rings is 1. The van der Waals surface area contributed by atoms with Crippen LogP contribution in [-0.2, 0) is 4.79 Å². The molecule has 19 heavy (non-hydrogen) atoms. The van der Waals surface area contributed by atoms with Gasteiger partial charge >= 0.3 is 0 Å². The quantitative estimate of drug-likeness (QED) is 0.827. The predicted molar refractivity (Wildman–Crippen MR) is 78.3 cm³/mol. The molecule has 1 unspecified atom stereocenters. The Morgan fingerprint density at radius 3 is 3.11 bits per heavy atom. The summed E-state index contributed by atoms with van der Waals surface area (Å²) in [5.74, 6) is -0.0454. The van der Waals surface area contributed by atoms with Gasteiger partial charge in [0.1, 0.15) is 0 Å². The number of anilines is 1. The number of hydrogen-bond acceptors (Lipinski definition) is 3. The van der Waals surface area contributed by atoms with Crippen molar-refractivity contribution in [3.63, 3.8) is 0 Å². The molecular formula is C14H18ClN3O. The number of hydrogen-bond donors (Lipinski definition) is 2. The van der Waals surface area contributed by atoms with E-state index in [0.29, 0.717) is 23.8 Å². The molecule has 0 saturated heterocycles. The molecule has 0 aliphatic carbocycles. The Labute approximate surface area is 118 Å². The van der Waals surface area contributed by atoms with Gasteiger partial charge in [-0.15, -0.1) is 0 Å². The lowest BCUT2D eigenvalue weighted by atomic mass is 10.1. The van der Waals surface area contributed by atoms with Crippen molar-refractivity contribution >= 4 is 23.2 Å². The van der Waals surface area contributed by atoms with Crippen LogP contribution in [0, 0.1) is 0 Å². The Morgan fingerprint density at radius 1 is 1.53 bits per heavy atom. The van der Waals surface area contributed by atoms with E-state index >= 15 is 0 Å². The standard InChI is InChI=1S/C14H18ClN3O/c15-11-4-3-5-12(8-11)17-14(19)10-18-7-2-1-6-13(18)9-16/h1,3-6,8,13H,2,7,9-10,16H2,(H,17,19). The van der Waals surface area contributed by atoms with Gasteiger partial charge in [-0.2, -0.15) is 0 Å². The normalized spacial score (nSPS) is 19.4. The number of halogens is 1. The van der Waals surface area contributed by atoms with Gasteiger partial charge in [0.2, 0.25) is 5.91 Å². The van der Waals surface area contributed by atoms with Crippen molar-refractivity contribution in [3.8, 4) is 0 Å². The number of nitrogens with zero attached hydrogens (tertiary/aromatic N) is 1. The summed E-state index contributed by atoms with van der Waals surface area (Å²) in [5, 5.41) is 3.45. The molecule has 1 aromatic carbocycles. The summed E-state index contributed by atoms with van der Waals surface area (Å²) >= 11 is 5.88. The van der Waals surface area contributed by atoms with Gasteiger partial charge in [-0.3, -0.25) is 9.69 Å². The summed E-state index contributed by atoms with van der Waals surface area (Å²) in [6, 6.07) is 7.29. The van der Waals surface area contributed by atoms with E-state index in [1.165, 1.54) is 0 Å². The molecule has 0 spiro atoms. The molecule has 102 valence electrons. The first kappa shape index (κ1) is 14.1. The third kappa shape index (κ3) is 4.06. The molecule has 1 heterocycles. The monoisotopic (exact) mass is 279 g/mol.